The topological polar surface area (TPSA) is 69.7 Å². The smallest absolute Gasteiger partial charge is 0.324 e. The van der Waals surface area contributed by atoms with Crippen LogP contribution in [0.15, 0.2) is 0 Å². The van der Waals surface area contributed by atoms with Crippen molar-refractivity contribution in [3.8, 4) is 0 Å². The Labute approximate surface area is 118 Å². The molecule has 0 aromatic rings. The molecular formula is C14H21N3O3. The van der Waals surface area contributed by atoms with Crippen LogP contribution in [-0.4, -0.2) is 53.3 Å². The quantitative estimate of drug-likeness (QED) is 0.774. The molecule has 3 aliphatic rings. The van der Waals surface area contributed by atoms with E-state index in [2.05, 4.69) is 5.32 Å². The third-order valence-electron chi connectivity index (χ3n) is 4.70. The number of carbonyl (C=O) groups excluding carboxylic acids is 3. The SMILES string of the molecule is O=C(CC1CCCC1)N1CCC(N2C(=O)CNC2=O)C1. The number of nitrogens with zero attached hydrogens (tertiary/aromatic N) is 2. The first kappa shape index (κ1) is 13.4. The zero-order valence-electron chi connectivity index (χ0n) is 11.6. The predicted octanol–water partition coefficient (Wildman–Crippen LogP) is 0.719. The first-order valence-corrected chi connectivity index (χ1v) is 7.53. The highest BCUT2D eigenvalue weighted by atomic mass is 16.2. The molecule has 110 valence electrons. The Kier molecular flexibility index (Phi) is 3.63. The van der Waals surface area contributed by atoms with Crippen LogP contribution in [0.5, 0.6) is 0 Å². The van der Waals surface area contributed by atoms with Crippen molar-refractivity contribution in [3.05, 3.63) is 0 Å². The first-order chi connectivity index (χ1) is 9.65. The maximum Gasteiger partial charge on any atom is 0.324 e. The fraction of sp³-hybridized carbons (Fsp3) is 0.786. The van der Waals surface area contributed by atoms with Crippen molar-refractivity contribution in [2.24, 2.45) is 5.92 Å². The first-order valence-electron chi connectivity index (χ1n) is 7.53. The number of nitrogens with one attached hydrogen (secondary N) is 1. The van der Waals surface area contributed by atoms with Crippen LogP contribution in [0, 0.1) is 5.92 Å². The van der Waals surface area contributed by atoms with Gasteiger partial charge >= 0.3 is 6.03 Å². The molecule has 1 atom stereocenters. The van der Waals surface area contributed by atoms with E-state index in [9.17, 15) is 14.4 Å². The monoisotopic (exact) mass is 279 g/mol. The zero-order valence-corrected chi connectivity index (χ0v) is 11.6. The van der Waals surface area contributed by atoms with Gasteiger partial charge in [0.25, 0.3) is 0 Å². The highest BCUT2D eigenvalue weighted by Gasteiger charge is 2.39. The van der Waals surface area contributed by atoms with Gasteiger partial charge in [0.2, 0.25) is 11.8 Å². The van der Waals surface area contributed by atoms with Gasteiger partial charge in [0.05, 0.1) is 12.6 Å². The summed E-state index contributed by atoms with van der Waals surface area (Å²) in [6, 6.07) is -0.456. The van der Waals surface area contributed by atoms with Gasteiger partial charge in [0.1, 0.15) is 0 Å². The largest absolute Gasteiger partial charge is 0.341 e. The summed E-state index contributed by atoms with van der Waals surface area (Å²) in [5, 5.41) is 2.53. The van der Waals surface area contributed by atoms with E-state index in [1.54, 1.807) is 0 Å². The minimum absolute atomic E-state index is 0.0886. The average molecular weight is 279 g/mol. The van der Waals surface area contributed by atoms with Gasteiger partial charge in [0, 0.05) is 19.5 Å². The van der Waals surface area contributed by atoms with Gasteiger partial charge in [-0.05, 0) is 25.2 Å². The maximum atomic E-state index is 12.2. The highest BCUT2D eigenvalue weighted by molar-refractivity contribution is 6.02. The van der Waals surface area contributed by atoms with E-state index >= 15 is 0 Å². The number of rotatable bonds is 3. The Balaban J connectivity index is 1.54. The Morgan fingerprint density at radius 3 is 2.60 bits per heavy atom. The maximum absolute atomic E-state index is 12.2. The number of amides is 4. The molecule has 0 aromatic carbocycles. The number of urea groups is 1. The lowest BCUT2D eigenvalue weighted by Crippen LogP contribution is -2.43. The Bertz CT molecular complexity index is 415. The van der Waals surface area contributed by atoms with E-state index in [1.165, 1.54) is 17.7 Å². The summed E-state index contributed by atoms with van der Waals surface area (Å²) < 4.78 is 0. The fourth-order valence-electron chi connectivity index (χ4n) is 3.57. The van der Waals surface area contributed by atoms with Gasteiger partial charge in [0.15, 0.2) is 0 Å². The molecule has 2 aliphatic heterocycles. The number of carbonyl (C=O) groups is 3. The number of imide groups is 1. The summed E-state index contributed by atoms with van der Waals surface area (Å²) in [5.74, 6) is 0.551. The summed E-state index contributed by atoms with van der Waals surface area (Å²) in [6.45, 7) is 1.25. The van der Waals surface area contributed by atoms with Crippen molar-refractivity contribution in [2.75, 3.05) is 19.6 Å². The van der Waals surface area contributed by atoms with Gasteiger partial charge in [-0.2, -0.15) is 0 Å². The Morgan fingerprint density at radius 1 is 1.20 bits per heavy atom. The molecule has 0 radical (unpaired) electrons. The van der Waals surface area contributed by atoms with E-state index in [0.29, 0.717) is 31.8 Å². The molecule has 1 saturated carbocycles. The molecule has 0 aromatic heterocycles. The van der Waals surface area contributed by atoms with Crippen LogP contribution in [0.3, 0.4) is 0 Å². The van der Waals surface area contributed by atoms with Crippen LogP contribution >= 0.6 is 0 Å². The minimum Gasteiger partial charge on any atom is -0.341 e. The van der Waals surface area contributed by atoms with Gasteiger partial charge in [-0.15, -0.1) is 0 Å². The predicted molar refractivity (Wildman–Crippen MR) is 71.8 cm³/mol. The Morgan fingerprint density at radius 2 is 1.95 bits per heavy atom. The van der Waals surface area contributed by atoms with Crippen molar-refractivity contribution in [2.45, 2.75) is 44.6 Å². The van der Waals surface area contributed by atoms with E-state index in [-0.39, 0.29) is 30.4 Å². The van der Waals surface area contributed by atoms with Crippen molar-refractivity contribution in [3.63, 3.8) is 0 Å². The normalized spacial score (nSPS) is 27.5. The minimum atomic E-state index is -0.315. The van der Waals surface area contributed by atoms with Crippen LogP contribution in [-0.2, 0) is 9.59 Å². The highest BCUT2D eigenvalue weighted by Crippen LogP contribution is 2.29. The molecule has 0 bridgehead atoms. The van der Waals surface area contributed by atoms with E-state index in [1.807, 2.05) is 4.90 Å². The number of likely N-dealkylation sites (tertiary alicyclic amines) is 1. The van der Waals surface area contributed by atoms with Crippen molar-refractivity contribution < 1.29 is 14.4 Å². The van der Waals surface area contributed by atoms with Crippen LogP contribution in [0.1, 0.15) is 38.5 Å². The molecule has 0 spiro atoms. The molecule has 2 saturated heterocycles. The molecule has 4 amide bonds. The van der Waals surface area contributed by atoms with E-state index in [0.717, 1.165) is 12.8 Å². The molecule has 6 heteroatoms. The van der Waals surface area contributed by atoms with Crippen LogP contribution in [0.4, 0.5) is 4.79 Å². The lowest BCUT2D eigenvalue weighted by molar-refractivity contribution is -0.132. The van der Waals surface area contributed by atoms with Gasteiger partial charge < -0.3 is 10.2 Å². The molecule has 1 aliphatic carbocycles. The second-order valence-electron chi connectivity index (χ2n) is 6.06. The summed E-state index contributed by atoms with van der Waals surface area (Å²) in [7, 11) is 0. The second-order valence-corrected chi connectivity index (χ2v) is 6.06. The van der Waals surface area contributed by atoms with Crippen molar-refractivity contribution in [1.29, 1.82) is 0 Å². The third kappa shape index (κ3) is 2.51. The summed E-state index contributed by atoms with van der Waals surface area (Å²) in [4.78, 5) is 38.6. The fourth-order valence-corrected chi connectivity index (χ4v) is 3.57. The summed E-state index contributed by atoms with van der Waals surface area (Å²) in [6.07, 6.45) is 6.14. The summed E-state index contributed by atoms with van der Waals surface area (Å²) in [5.41, 5.74) is 0. The van der Waals surface area contributed by atoms with E-state index in [4.69, 9.17) is 0 Å². The lowest BCUT2D eigenvalue weighted by atomic mass is 10.0. The van der Waals surface area contributed by atoms with Crippen molar-refractivity contribution in [1.82, 2.24) is 15.1 Å². The van der Waals surface area contributed by atoms with E-state index < -0.39 is 0 Å². The molecule has 3 rings (SSSR count). The molecule has 1 unspecified atom stereocenters. The standard InChI is InChI=1S/C14H21N3O3/c18-12(7-10-3-1-2-4-10)16-6-5-11(9-16)17-13(19)8-15-14(17)20/h10-11H,1-9H2,(H,15,20). The van der Waals surface area contributed by atoms with Gasteiger partial charge in [-0.25, -0.2) is 4.79 Å². The Hall–Kier alpha value is -1.59. The second kappa shape index (κ2) is 5.42. The number of hydrogen-bond donors (Lipinski definition) is 1. The summed E-state index contributed by atoms with van der Waals surface area (Å²) >= 11 is 0. The van der Waals surface area contributed by atoms with Crippen molar-refractivity contribution >= 4 is 17.8 Å². The average Bonchev–Trinajstić information content (AvgIpc) is 3.11. The van der Waals surface area contributed by atoms with Crippen LogP contribution < -0.4 is 5.32 Å². The molecular weight excluding hydrogens is 258 g/mol. The van der Waals surface area contributed by atoms with Gasteiger partial charge in [-0.1, -0.05) is 12.8 Å². The molecule has 2 heterocycles. The zero-order chi connectivity index (χ0) is 14.1. The molecule has 3 fully saturated rings. The third-order valence-corrected chi connectivity index (χ3v) is 4.70. The van der Waals surface area contributed by atoms with Gasteiger partial charge in [-0.3, -0.25) is 14.5 Å². The van der Waals surface area contributed by atoms with Crippen LogP contribution in [0.2, 0.25) is 0 Å². The molecule has 6 nitrogen and oxygen atoms in total. The number of hydrogen-bond acceptors (Lipinski definition) is 3. The lowest BCUT2D eigenvalue weighted by Gasteiger charge is -2.22. The van der Waals surface area contributed by atoms with Crippen LogP contribution in [0.25, 0.3) is 0 Å². The molecule has 20 heavy (non-hydrogen) atoms. The molecule has 1 N–H and O–H groups in total.